The maximum atomic E-state index is 12.6. The van der Waals surface area contributed by atoms with Gasteiger partial charge in [-0.3, -0.25) is 19.1 Å². The van der Waals surface area contributed by atoms with Gasteiger partial charge in [0, 0.05) is 57.1 Å². The third-order valence-corrected chi connectivity index (χ3v) is 5.62. The van der Waals surface area contributed by atoms with Crippen LogP contribution in [-0.2, 0) is 4.79 Å². The van der Waals surface area contributed by atoms with E-state index < -0.39 is 0 Å². The Balaban J connectivity index is 1.22. The van der Waals surface area contributed by atoms with Crippen LogP contribution in [0.1, 0.15) is 23.2 Å². The molecule has 0 aliphatic carbocycles. The highest BCUT2D eigenvalue weighted by atomic mass is 16.2. The molecule has 0 bridgehead atoms. The van der Waals surface area contributed by atoms with E-state index in [0.717, 1.165) is 43.6 Å². The molecule has 154 valence electrons. The summed E-state index contributed by atoms with van der Waals surface area (Å²) < 4.78 is 1.65. The number of carbonyl (C=O) groups excluding carboxylic acids is 2. The topological polar surface area (TPSA) is 45.6 Å². The molecule has 4 rings (SSSR count). The van der Waals surface area contributed by atoms with Crippen LogP contribution in [0.25, 0.3) is 17.0 Å². The molecular weight excluding hydrogens is 374 g/mol. The number of aromatic nitrogens is 1. The molecule has 2 aromatic carbocycles. The fourth-order valence-corrected chi connectivity index (χ4v) is 3.87. The monoisotopic (exact) mass is 401 g/mol. The molecule has 3 aromatic rings. The molecule has 1 saturated heterocycles. The highest BCUT2D eigenvalue weighted by molar-refractivity contribution is 5.93. The summed E-state index contributed by atoms with van der Waals surface area (Å²) in [6.07, 6.45) is 6.59. The van der Waals surface area contributed by atoms with E-state index in [1.54, 1.807) is 10.8 Å². The summed E-state index contributed by atoms with van der Waals surface area (Å²) >= 11 is 0. The minimum atomic E-state index is -0.0331. The Morgan fingerprint density at radius 1 is 0.800 bits per heavy atom. The minimum Gasteiger partial charge on any atom is -0.340 e. The number of fused-ring (bicyclic) bond motifs is 1. The summed E-state index contributed by atoms with van der Waals surface area (Å²) in [4.78, 5) is 29.4. The smallest absolute Gasteiger partial charge is 0.231 e. The van der Waals surface area contributed by atoms with Crippen molar-refractivity contribution in [1.29, 1.82) is 0 Å². The van der Waals surface area contributed by atoms with Crippen molar-refractivity contribution in [2.45, 2.75) is 12.8 Å². The van der Waals surface area contributed by atoms with Gasteiger partial charge in [-0.25, -0.2) is 0 Å². The van der Waals surface area contributed by atoms with Crippen molar-refractivity contribution in [1.82, 2.24) is 14.4 Å². The first-order valence-electron chi connectivity index (χ1n) is 10.5. The molecule has 1 aliphatic heterocycles. The lowest BCUT2D eigenvalue weighted by atomic mass is 10.2. The van der Waals surface area contributed by atoms with Gasteiger partial charge in [0.25, 0.3) is 0 Å². The Morgan fingerprint density at radius 2 is 1.50 bits per heavy atom. The Kier molecular flexibility index (Phi) is 6.40. The number of para-hydroxylation sites is 1. The van der Waals surface area contributed by atoms with Crippen LogP contribution in [-0.4, -0.2) is 58.9 Å². The summed E-state index contributed by atoms with van der Waals surface area (Å²) in [5.41, 5.74) is 2.10. The van der Waals surface area contributed by atoms with E-state index >= 15 is 0 Å². The zero-order valence-corrected chi connectivity index (χ0v) is 17.1. The molecule has 30 heavy (non-hydrogen) atoms. The van der Waals surface area contributed by atoms with Gasteiger partial charge in [0.2, 0.25) is 11.8 Å². The molecule has 2 heterocycles. The van der Waals surface area contributed by atoms with Crippen LogP contribution < -0.4 is 0 Å². The molecular formula is C25H27N3O2. The second-order valence-corrected chi connectivity index (χ2v) is 7.63. The van der Waals surface area contributed by atoms with E-state index in [1.165, 1.54) is 5.56 Å². The number of rotatable bonds is 6. The summed E-state index contributed by atoms with van der Waals surface area (Å²) in [6, 6.07) is 20.0. The van der Waals surface area contributed by atoms with Crippen LogP contribution in [0.3, 0.4) is 0 Å². The molecule has 0 N–H and O–H groups in total. The van der Waals surface area contributed by atoms with E-state index in [-0.39, 0.29) is 24.7 Å². The van der Waals surface area contributed by atoms with Gasteiger partial charge < -0.3 is 4.90 Å². The molecule has 0 radical (unpaired) electrons. The molecule has 1 aromatic heterocycles. The summed E-state index contributed by atoms with van der Waals surface area (Å²) in [5.74, 6) is 0.0357. The molecule has 1 amide bonds. The Labute approximate surface area is 177 Å². The number of benzene rings is 2. The van der Waals surface area contributed by atoms with E-state index in [0.29, 0.717) is 0 Å². The lowest BCUT2D eigenvalue weighted by Crippen LogP contribution is -2.48. The number of piperazine rings is 1. The standard InChI is InChI=1S/C25H27N3O2/c29-24(12-13-25(30)28-16-14-22-10-4-5-11-23(22)28)27-19-17-26(18-20-27)15-6-9-21-7-2-1-3-8-21/h1-11,14,16H,12-13,15,17-20H2/b9-6+. The summed E-state index contributed by atoms with van der Waals surface area (Å²) in [6.45, 7) is 4.05. The molecule has 5 nitrogen and oxygen atoms in total. The van der Waals surface area contributed by atoms with Crippen LogP contribution in [0.15, 0.2) is 72.9 Å². The highest BCUT2D eigenvalue weighted by Gasteiger charge is 2.21. The fourth-order valence-electron chi connectivity index (χ4n) is 3.87. The third-order valence-electron chi connectivity index (χ3n) is 5.62. The summed E-state index contributed by atoms with van der Waals surface area (Å²) in [7, 11) is 0. The van der Waals surface area contributed by atoms with Gasteiger partial charge in [0.1, 0.15) is 0 Å². The second-order valence-electron chi connectivity index (χ2n) is 7.63. The predicted molar refractivity (Wildman–Crippen MR) is 120 cm³/mol. The number of carbonyl (C=O) groups is 2. The minimum absolute atomic E-state index is 0.0331. The molecule has 0 saturated carbocycles. The average molecular weight is 402 g/mol. The highest BCUT2D eigenvalue weighted by Crippen LogP contribution is 2.16. The summed E-state index contributed by atoms with van der Waals surface area (Å²) in [5, 5.41) is 1.04. The van der Waals surface area contributed by atoms with Gasteiger partial charge in [-0.1, -0.05) is 60.7 Å². The van der Waals surface area contributed by atoms with Crippen LogP contribution in [0.2, 0.25) is 0 Å². The normalized spacial score (nSPS) is 15.1. The van der Waals surface area contributed by atoms with Gasteiger partial charge in [0.05, 0.1) is 5.52 Å². The maximum Gasteiger partial charge on any atom is 0.231 e. The van der Waals surface area contributed by atoms with Crippen molar-refractivity contribution >= 4 is 28.8 Å². The first-order chi connectivity index (χ1) is 14.7. The van der Waals surface area contributed by atoms with E-state index in [2.05, 4.69) is 29.2 Å². The fraction of sp³-hybridized carbons (Fsp3) is 0.280. The predicted octanol–water partition coefficient (Wildman–Crippen LogP) is 3.92. The number of nitrogens with zero attached hydrogens (tertiary/aromatic N) is 3. The second kappa shape index (κ2) is 9.55. The number of hydrogen-bond acceptors (Lipinski definition) is 3. The zero-order chi connectivity index (χ0) is 20.8. The lowest BCUT2D eigenvalue weighted by Gasteiger charge is -2.34. The third kappa shape index (κ3) is 4.86. The molecule has 0 spiro atoms. The molecule has 0 atom stereocenters. The molecule has 1 fully saturated rings. The van der Waals surface area contributed by atoms with E-state index in [4.69, 9.17) is 0 Å². The number of hydrogen-bond donors (Lipinski definition) is 0. The van der Waals surface area contributed by atoms with Crippen LogP contribution in [0.4, 0.5) is 0 Å². The maximum absolute atomic E-state index is 12.6. The Bertz CT molecular complexity index is 1030. The van der Waals surface area contributed by atoms with Gasteiger partial charge in [0.15, 0.2) is 0 Å². The van der Waals surface area contributed by atoms with Crippen molar-refractivity contribution in [3.05, 3.63) is 78.5 Å². The van der Waals surface area contributed by atoms with Gasteiger partial charge in [-0.15, -0.1) is 0 Å². The van der Waals surface area contributed by atoms with Crippen molar-refractivity contribution in [2.24, 2.45) is 0 Å². The lowest BCUT2D eigenvalue weighted by molar-refractivity contribution is -0.132. The van der Waals surface area contributed by atoms with Crippen molar-refractivity contribution in [3.63, 3.8) is 0 Å². The number of amides is 1. The molecule has 0 unspecified atom stereocenters. The van der Waals surface area contributed by atoms with E-state index in [1.807, 2.05) is 53.4 Å². The van der Waals surface area contributed by atoms with Gasteiger partial charge in [-0.2, -0.15) is 0 Å². The van der Waals surface area contributed by atoms with Crippen molar-refractivity contribution in [2.75, 3.05) is 32.7 Å². The first kappa shape index (κ1) is 20.1. The SMILES string of the molecule is O=C(CCC(=O)n1ccc2ccccc21)N1CCN(C/C=C/c2ccccc2)CC1. The largest absolute Gasteiger partial charge is 0.340 e. The van der Waals surface area contributed by atoms with Crippen molar-refractivity contribution in [3.8, 4) is 0 Å². The Morgan fingerprint density at radius 3 is 2.30 bits per heavy atom. The van der Waals surface area contributed by atoms with Crippen LogP contribution in [0.5, 0.6) is 0 Å². The van der Waals surface area contributed by atoms with E-state index in [9.17, 15) is 9.59 Å². The molecule has 1 aliphatic rings. The quantitative estimate of drug-likeness (QED) is 0.629. The Hall–Kier alpha value is -3.18. The first-order valence-corrected chi connectivity index (χ1v) is 10.5. The average Bonchev–Trinajstić information content (AvgIpc) is 3.23. The van der Waals surface area contributed by atoms with Crippen LogP contribution >= 0.6 is 0 Å². The van der Waals surface area contributed by atoms with Gasteiger partial charge in [-0.05, 0) is 17.7 Å². The molecule has 5 heteroatoms. The van der Waals surface area contributed by atoms with Gasteiger partial charge >= 0.3 is 0 Å². The zero-order valence-electron chi connectivity index (χ0n) is 17.1. The van der Waals surface area contributed by atoms with Crippen molar-refractivity contribution < 1.29 is 9.59 Å². The van der Waals surface area contributed by atoms with Crippen LogP contribution in [0, 0.1) is 0 Å².